The lowest BCUT2D eigenvalue weighted by molar-refractivity contribution is 0.102. The van der Waals surface area contributed by atoms with Crippen LogP contribution in [0.15, 0.2) is 64.2 Å². The molecule has 1 amide bonds. The Bertz CT molecular complexity index is 1300. The van der Waals surface area contributed by atoms with E-state index in [2.05, 4.69) is 15.0 Å². The van der Waals surface area contributed by atoms with Gasteiger partial charge in [0.05, 0.1) is 16.8 Å². The van der Waals surface area contributed by atoms with Gasteiger partial charge in [-0.15, -0.1) is 11.3 Å². The zero-order valence-corrected chi connectivity index (χ0v) is 18.2. The molecule has 154 valence electrons. The van der Waals surface area contributed by atoms with Crippen LogP contribution in [0.1, 0.15) is 17.3 Å². The number of thiazole rings is 1. The number of aromatic nitrogens is 1. The molecule has 0 bridgehead atoms. The van der Waals surface area contributed by atoms with Gasteiger partial charge in [-0.2, -0.15) is 0 Å². The molecule has 0 saturated heterocycles. The number of rotatable bonds is 7. The van der Waals surface area contributed by atoms with Crippen LogP contribution in [0.3, 0.4) is 0 Å². The number of nitrogens with one attached hydrogen (secondary N) is 2. The molecule has 0 unspecified atom stereocenters. The topological polar surface area (TPSA) is 97.4 Å². The summed E-state index contributed by atoms with van der Waals surface area (Å²) < 4.78 is 33.9. The number of carbonyl (C=O) groups is 1. The Morgan fingerprint density at radius 1 is 1.13 bits per heavy atom. The van der Waals surface area contributed by atoms with Gasteiger partial charge in [0.1, 0.15) is 9.96 Å². The second-order valence-corrected chi connectivity index (χ2v) is 10.0. The maximum atomic E-state index is 12.7. The van der Waals surface area contributed by atoms with Gasteiger partial charge in [0.15, 0.2) is 5.13 Å². The molecule has 0 atom stereocenters. The summed E-state index contributed by atoms with van der Waals surface area (Å²) in [5.41, 5.74) is 1.38. The van der Waals surface area contributed by atoms with Crippen molar-refractivity contribution in [2.24, 2.45) is 0 Å². The highest BCUT2D eigenvalue weighted by Crippen LogP contribution is 2.30. The average molecular weight is 460 g/mol. The van der Waals surface area contributed by atoms with Crippen molar-refractivity contribution < 1.29 is 17.9 Å². The van der Waals surface area contributed by atoms with Crippen molar-refractivity contribution in [3.05, 3.63) is 65.5 Å². The Hall–Kier alpha value is -2.95. The summed E-state index contributed by atoms with van der Waals surface area (Å²) in [6.07, 6.45) is 0. The van der Waals surface area contributed by atoms with E-state index in [1.807, 2.05) is 25.1 Å². The minimum Gasteiger partial charge on any atom is -0.494 e. The van der Waals surface area contributed by atoms with Gasteiger partial charge in [-0.3, -0.25) is 14.8 Å². The Morgan fingerprint density at radius 3 is 2.77 bits per heavy atom. The predicted octanol–water partition coefficient (Wildman–Crippen LogP) is 4.81. The SMILES string of the molecule is CCOc1ccc2nc(NC(=O)c3cccc(NS(=O)(=O)c4cccs4)c3)sc2c1. The van der Waals surface area contributed by atoms with Crippen molar-refractivity contribution in [1.82, 2.24) is 4.98 Å². The first-order valence-corrected chi connectivity index (χ1v) is 12.1. The first-order chi connectivity index (χ1) is 14.4. The summed E-state index contributed by atoms with van der Waals surface area (Å²) in [4.78, 5) is 17.1. The van der Waals surface area contributed by atoms with E-state index in [0.717, 1.165) is 27.3 Å². The predicted molar refractivity (Wildman–Crippen MR) is 120 cm³/mol. The molecule has 0 saturated carbocycles. The van der Waals surface area contributed by atoms with Crippen molar-refractivity contribution in [3.8, 4) is 5.75 Å². The summed E-state index contributed by atoms with van der Waals surface area (Å²) in [7, 11) is -3.68. The maximum Gasteiger partial charge on any atom is 0.271 e. The number of anilines is 2. The van der Waals surface area contributed by atoms with Crippen LogP contribution in [0.25, 0.3) is 10.2 Å². The first kappa shape index (κ1) is 20.3. The van der Waals surface area contributed by atoms with Gasteiger partial charge in [-0.1, -0.05) is 23.5 Å². The molecule has 0 aliphatic carbocycles. The summed E-state index contributed by atoms with van der Waals surface area (Å²) in [6, 6.07) is 15.0. The smallest absolute Gasteiger partial charge is 0.271 e. The van der Waals surface area contributed by atoms with E-state index in [-0.39, 0.29) is 10.1 Å². The van der Waals surface area contributed by atoms with E-state index in [0.29, 0.717) is 23.0 Å². The molecule has 4 rings (SSSR count). The highest BCUT2D eigenvalue weighted by molar-refractivity contribution is 7.94. The molecule has 30 heavy (non-hydrogen) atoms. The molecule has 0 spiro atoms. The van der Waals surface area contributed by atoms with Crippen molar-refractivity contribution in [3.63, 3.8) is 0 Å². The van der Waals surface area contributed by atoms with Crippen LogP contribution in [0.5, 0.6) is 5.75 Å². The minimum absolute atomic E-state index is 0.207. The lowest BCUT2D eigenvalue weighted by Crippen LogP contribution is -2.14. The van der Waals surface area contributed by atoms with Gasteiger partial charge >= 0.3 is 0 Å². The van der Waals surface area contributed by atoms with Gasteiger partial charge < -0.3 is 4.74 Å². The van der Waals surface area contributed by atoms with Crippen molar-refractivity contribution in [2.75, 3.05) is 16.6 Å². The zero-order chi connectivity index (χ0) is 21.1. The quantitative estimate of drug-likeness (QED) is 0.413. The fraction of sp³-hybridized carbons (Fsp3) is 0.100. The molecule has 2 aromatic carbocycles. The molecule has 0 aliphatic rings. The molecule has 10 heteroatoms. The summed E-state index contributed by atoms with van der Waals surface area (Å²) in [5.74, 6) is 0.369. The number of benzene rings is 2. The Balaban J connectivity index is 1.51. The third kappa shape index (κ3) is 4.45. The van der Waals surface area contributed by atoms with E-state index >= 15 is 0 Å². The molecule has 2 N–H and O–H groups in total. The number of amides is 1. The zero-order valence-electron chi connectivity index (χ0n) is 15.8. The number of ether oxygens (including phenoxy) is 1. The van der Waals surface area contributed by atoms with Crippen LogP contribution < -0.4 is 14.8 Å². The average Bonchev–Trinajstić information content (AvgIpc) is 3.38. The molecular formula is C20H17N3O4S3. The third-order valence-electron chi connectivity index (χ3n) is 4.03. The van der Waals surface area contributed by atoms with Gasteiger partial charge in [0, 0.05) is 11.3 Å². The number of nitrogens with zero attached hydrogens (tertiary/aromatic N) is 1. The monoisotopic (exact) mass is 459 g/mol. The minimum atomic E-state index is -3.68. The van der Waals surface area contributed by atoms with Crippen LogP contribution >= 0.6 is 22.7 Å². The summed E-state index contributed by atoms with van der Waals surface area (Å²) >= 11 is 2.46. The molecule has 2 aromatic heterocycles. The standard InChI is InChI=1S/C20H17N3O4S3/c1-2-27-15-8-9-16-17(12-15)29-20(21-16)22-19(24)13-5-3-6-14(11-13)23-30(25,26)18-7-4-10-28-18/h3-12,23H,2H2,1H3,(H,21,22,24). The molecule has 0 aliphatic heterocycles. The lowest BCUT2D eigenvalue weighted by Gasteiger charge is -2.08. The van der Waals surface area contributed by atoms with Crippen LogP contribution in [-0.4, -0.2) is 25.9 Å². The van der Waals surface area contributed by atoms with E-state index in [4.69, 9.17) is 4.74 Å². The van der Waals surface area contributed by atoms with Gasteiger partial charge in [-0.05, 0) is 54.8 Å². The number of hydrogen-bond acceptors (Lipinski definition) is 7. The highest BCUT2D eigenvalue weighted by atomic mass is 32.2. The van der Waals surface area contributed by atoms with Crippen molar-refractivity contribution >= 4 is 59.6 Å². The van der Waals surface area contributed by atoms with Crippen LogP contribution in [0.4, 0.5) is 10.8 Å². The van der Waals surface area contributed by atoms with Gasteiger partial charge in [0.2, 0.25) is 0 Å². The number of fused-ring (bicyclic) bond motifs is 1. The van der Waals surface area contributed by atoms with E-state index in [9.17, 15) is 13.2 Å². The molecule has 4 aromatic rings. The van der Waals surface area contributed by atoms with E-state index in [1.165, 1.54) is 23.5 Å². The second-order valence-electron chi connectivity index (χ2n) is 6.15. The highest BCUT2D eigenvalue weighted by Gasteiger charge is 2.16. The fourth-order valence-corrected chi connectivity index (χ4v) is 5.66. The fourth-order valence-electron chi connectivity index (χ4n) is 2.73. The molecular weight excluding hydrogens is 442 g/mol. The second kappa shape index (κ2) is 8.42. The molecule has 7 nitrogen and oxygen atoms in total. The molecule has 2 heterocycles. The summed E-state index contributed by atoms with van der Waals surface area (Å²) in [6.45, 7) is 2.48. The summed E-state index contributed by atoms with van der Waals surface area (Å²) in [5, 5.41) is 4.91. The van der Waals surface area contributed by atoms with Gasteiger partial charge in [-0.25, -0.2) is 13.4 Å². The Labute approximate surface area is 181 Å². The largest absolute Gasteiger partial charge is 0.494 e. The Morgan fingerprint density at radius 2 is 2.00 bits per heavy atom. The number of hydrogen-bond donors (Lipinski definition) is 2. The first-order valence-electron chi connectivity index (χ1n) is 8.96. The van der Waals surface area contributed by atoms with Crippen molar-refractivity contribution in [1.29, 1.82) is 0 Å². The third-order valence-corrected chi connectivity index (χ3v) is 7.74. The van der Waals surface area contributed by atoms with Crippen LogP contribution in [-0.2, 0) is 10.0 Å². The van der Waals surface area contributed by atoms with E-state index < -0.39 is 10.0 Å². The van der Waals surface area contributed by atoms with E-state index in [1.54, 1.807) is 29.6 Å². The number of sulfonamides is 1. The Kier molecular flexibility index (Phi) is 5.71. The molecule has 0 radical (unpaired) electrons. The van der Waals surface area contributed by atoms with Crippen LogP contribution in [0, 0.1) is 0 Å². The molecule has 0 fully saturated rings. The number of carbonyl (C=O) groups excluding carboxylic acids is 1. The number of thiophene rings is 1. The van der Waals surface area contributed by atoms with Crippen molar-refractivity contribution in [2.45, 2.75) is 11.1 Å². The maximum absolute atomic E-state index is 12.7. The lowest BCUT2D eigenvalue weighted by atomic mass is 10.2. The normalized spacial score (nSPS) is 11.4. The van der Waals surface area contributed by atoms with Crippen LogP contribution in [0.2, 0.25) is 0 Å². The van der Waals surface area contributed by atoms with Gasteiger partial charge in [0.25, 0.3) is 15.9 Å².